The highest BCUT2D eigenvalue weighted by molar-refractivity contribution is 6.84. The standard InChI is InChI=1S/C16H29FOSi/c1-16(2,3)19(4,5)11-12-10-18-14-9-7-6-8-13(17)15(12)14/h11,13-15H,6-10H2,1-5H3/b12-11+/t13-,14-,15+/m0/s1. The van der Waals surface area contributed by atoms with Crippen LogP contribution in [0.2, 0.25) is 18.1 Å². The zero-order valence-corrected chi connectivity index (χ0v) is 14.1. The van der Waals surface area contributed by atoms with E-state index in [1.165, 1.54) is 5.57 Å². The summed E-state index contributed by atoms with van der Waals surface area (Å²) in [7, 11) is -1.50. The molecule has 0 amide bonds. The molecule has 1 nitrogen and oxygen atoms in total. The molecule has 1 heterocycles. The monoisotopic (exact) mass is 284 g/mol. The number of alkyl halides is 1. The third-order valence-electron chi connectivity index (χ3n) is 5.38. The van der Waals surface area contributed by atoms with Gasteiger partial charge in [0, 0.05) is 5.92 Å². The summed E-state index contributed by atoms with van der Waals surface area (Å²) in [5.74, 6) is 0.0524. The van der Waals surface area contributed by atoms with E-state index in [0.29, 0.717) is 11.6 Å². The van der Waals surface area contributed by atoms with Crippen molar-refractivity contribution in [3.8, 4) is 0 Å². The average Bonchev–Trinajstić information content (AvgIpc) is 2.55. The number of halogens is 1. The molecule has 0 N–H and O–H groups in total. The Hall–Kier alpha value is -0.153. The first kappa shape index (κ1) is 15.2. The molecule has 1 aliphatic heterocycles. The predicted molar refractivity (Wildman–Crippen MR) is 81.9 cm³/mol. The van der Waals surface area contributed by atoms with Gasteiger partial charge in [-0.3, -0.25) is 0 Å². The van der Waals surface area contributed by atoms with Gasteiger partial charge in [0.15, 0.2) is 0 Å². The molecule has 110 valence electrons. The first-order valence-electron chi connectivity index (χ1n) is 7.70. The van der Waals surface area contributed by atoms with Crippen LogP contribution in [0.25, 0.3) is 0 Å². The summed E-state index contributed by atoms with van der Waals surface area (Å²) in [5, 5.41) is 0.314. The van der Waals surface area contributed by atoms with E-state index in [1.807, 2.05) is 0 Å². The first-order valence-corrected chi connectivity index (χ1v) is 10.8. The minimum absolute atomic E-state index is 0.0524. The van der Waals surface area contributed by atoms with Gasteiger partial charge in [0.2, 0.25) is 0 Å². The van der Waals surface area contributed by atoms with Crippen molar-refractivity contribution in [1.29, 1.82) is 0 Å². The number of ether oxygens (including phenoxy) is 1. The van der Waals surface area contributed by atoms with Gasteiger partial charge in [-0.2, -0.15) is 0 Å². The highest BCUT2D eigenvalue weighted by Crippen LogP contribution is 2.42. The van der Waals surface area contributed by atoms with Crippen molar-refractivity contribution in [3.63, 3.8) is 0 Å². The van der Waals surface area contributed by atoms with Crippen molar-refractivity contribution >= 4 is 8.07 Å². The van der Waals surface area contributed by atoms with Crippen LogP contribution >= 0.6 is 0 Å². The van der Waals surface area contributed by atoms with E-state index in [4.69, 9.17) is 4.74 Å². The topological polar surface area (TPSA) is 9.23 Å². The van der Waals surface area contributed by atoms with E-state index in [2.05, 4.69) is 39.6 Å². The highest BCUT2D eigenvalue weighted by Gasteiger charge is 2.42. The SMILES string of the molecule is CC(C)(C)[Si](C)(C)/C=C1\CO[C@H]2CCCC[C@H](F)[C@@H]12. The van der Waals surface area contributed by atoms with Crippen LogP contribution in [0.4, 0.5) is 4.39 Å². The van der Waals surface area contributed by atoms with E-state index in [9.17, 15) is 4.39 Å². The second-order valence-corrected chi connectivity index (χ2v) is 13.1. The van der Waals surface area contributed by atoms with E-state index >= 15 is 0 Å². The molecule has 3 atom stereocenters. The lowest BCUT2D eigenvalue weighted by Gasteiger charge is -2.35. The smallest absolute Gasteiger partial charge is 0.109 e. The van der Waals surface area contributed by atoms with Gasteiger partial charge in [0.25, 0.3) is 0 Å². The highest BCUT2D eigenvalue weighted by atomic mass is 28.3. The van der Waals surface area contributed by atoms with Gasteiger partial charge in [-0.25, -0.2) is 4.39 Å². The Morgan fingerprint density at radius 2 is 1.84 bits per heavy atom. The lowest BCUT2D eigenvalue weighted by molar-refractivity contribution is 0.0664. The van der Waals surface area contributed by atoms with E-state index in [1.54, 1.807) is 0 Å². The molecular weight excluding hydrogens is 255 g/mol. The Morgan fingerprint density at radius 1 is 1.21 bits per heavy atom. The van der Waals surface area contributed by atoms with Crippen molar-refractivity contribution in [2.75, 3.05) is 6.61 Å². The van der Waals surface area contributed by atoms with Crippen molar-refractivity contribution < 1.29 is 9.13 Å². The molecule has 3 heteroatoms. The summed E-state index contributed by atoms with van der Waals surface area (Å²) < 4.78 is 20.3. The third-order valence-corrected chi connectivity index (χ3v) is 10.3. The van der Waals surface area contributed by atoms with Crippen LogP contribution in [0.15, 0.2) is 11.3 Å². The van der Waals surface area contributed by atoms with Crippen molar-refractivity contribution in [2.45, 2.75) is 76.9 Å². The zero-order valence-electron chi connectivity index (χ0n) is 13.1. The molecule has 0 aromatic rings. The molecule has 1 saturated heterocycles. The lowest BCUT2D eigenvalue weighted by Crippen LogP contribution is -2.36. The van der Waals surface area contributed by atoms with Crippen molar-refractivity contribution in [1.82, 2.24) is 0 Å². The van der Waals surface area contributed by atoms with Crippen LogP contribution < -0.4 is 0 Å². The van der Waals surface area contributed by atoms with Crippen LogP contribution in [-0.2, 0) is 4.74 Å². The second-order valence-electron chi connectivity index (χ2n) is 7.87. The molecule has 2 aliphatic rings. The normalized spacial score (nSPS) is 35.3. The molecule has 2 fully saturated rings. The summed E-state index contributed by atoms with van der Waals surface area (Å²) in [5.41, 5.74) is 3.71. The number of hydrogen-bond donors (Lipinski definition) is 0. The summed E-state index contributed by atoms with van der Waals surface area (Å²) in [4.78, 5) is 0. The Balaban J connectivity index is 2.25. The Labute approximate surface area is 118 Å². The molecule has 0 spiro atoms. The summed E-state index contributed by atoms with van der Waals surface area (Å²) in [6.07, 6.45) is 3.36. The van der Waals surface area contributed by atoms with Gasteiger partial charge in [-0.05, 0) is 23.5 Å². The molecule has 0 aromatic heterocycles. The van der Waals surface area contributed by atoms with Crippen molar-refractivity contribution in [3.05, 3.63) is 11.3 Å². The predicted octanol–water partition coefficient (Wildman–Crippen LogP) is 4.89. The lowest BCUT2D eigenvalue weighted by atomic mass is 9.91. The minimum Gasteiger partial charge on any atom is -0.373 e. The van der Waals surface area contributed by atoms with Gasteiger partial charge in [-0.1, -0.05) is 52.4 Å². The molecule has 0 unspecified atom stereocenters. The summed E-state index contributed by atoms with van der Waals surface area (Å²) in [6.45, 7) is 12.4. The first-order chi connectivity index (χ1) is 8.72. The maximum Gasteiger partial charge on any atom is 0.109 e. The van der Waals surface area contributed by atoms with Gasteiger partial charge in [0.1, 0.15) is 6.17 Å². The van der Waals surface area contributed by atoms with E-state index in [-0.39, 0.29) is 12.0 Å². The van der Waals surface area contributed by atoms with E-state index in [0.717, 1.165) is 25.7 Å². The van der Waals surface area contributed by atoms with Gasteiger partial charge < -0.3 is 4.74 Å². The average molecular weight is 284 g/mol. The molecule has 0 aromatic carbocycles. The fourth-order valence-electron chi connectivity index (χ4n) is 3.05. The largest absolute Gasteiger partial charge is 0.373 e. The maximum absolute atomic E-state index is 14.4. The van der Waals surface area contributed by atoms with Crippen LogP contribution in [0.1, 0.15) is 46.5 Å². The Morgan fingerprint density at radius 3 is 2.47 bits per heavy atom. The molecule has 1 aliphatic carbocycles. The molecule has 0 bridgehead atoms. The molecule has 19 heavy (non-hydrogen) atoms. The molecule has 2 rings (SSSR count). The number of hydrogen-bond acceptors (Lipinski definition) is 1. The molecular formula is C16H29FOSi. The quantitative estimate of drug-likeness (QED) is 0.623. The van der Waals surface area contributed by atoms with Crippen LogP contribution in [0.5, 0.6) is 0 Å². The van der Waals surface area contributed by atoms with Crippen LogP contribution in [0, 0.1) is 5.92 Å². The van der Waals surface area contributed by atoms with Crippen LogP contribution in [0.3, 0.4) is 0 Å². The van der Waals surface area contributed by atoms with Gasteiger partial charge in [0.05, 0.1) is 20.8 Å². The zero-order chi connectivity index (χ0) is 14.3. The molecule has 0 radical (unpaired) electrons. The van der Waals surface area contributed by atoms with Gasteiger partial charge >= 0.3 is 0 Å². The number of rotatable bonds is 1. The van der Waals surface area contributed by atoms with E-state index < -0.39 is 14.2 Å². The van der Waals surface area contributed by atoms with Crippen LogP contribution in [-0.4, -0.2) is 27.0 Å². The molecule has 1 saturated carbocycles. The van der Waals surface area contributed by atoms with Gasteiger partial charge in [-0.15, -0.1) is 0 Å². The fraction of sp³-hybridized carbons (Fsp3) is 0.875. The fourth-order valence-corrected chi connectivity index (χ4v) is 4.69. The number of fused-ring (bicyclic) bond motifs is 1. The Bertz CT molecular complexity index is 356. The minimum atomic E-state index is -1.50. The summed E-state index contributed by atoms with van der Waals surface area (Å²) in [6, 6.07) is 0. The third kappa shape index (κ3) is 3.13. The second kappa shape index (κ2) is 5.32. The maximum atomic E-state index is 14.4. The Kier molecular flexibility index (Phi) is 4.27. The summed E-state index contributed by atoms with van der Waals surface area (Å²) >= 11 is 0. The van der Waals surface area contributed by atoms with Crippen molar-refractivity contribution in [2.24, 2.45) is 5.92 Å².